The molecule has 0 unspecified atom stereocenters. The first-order valence-electron chi connectivity index (χ1n) is 5.29. The van der Waals surface area contributed by atoms with Crippen molar-refractivity contribution in [2.75, 3.05) is 13.1 Å². The maximum atomic E-state index is 13.7. The number of aryl methyl sites for hydroxylation is 1. The molecule has 0 aromatic heterocycles. The molecule has 86 valence electrons. The van der Waals surface area contributed by atoms with E-state index in [1.165, 1.54) is 6.07 Å². The van der Waals surface area contributed by atoms with E-state index in [4.69, 9.17) is 5.11 Å². The molecule has 4 heteroatoms. The number of benzene rings is 1. The van der Waals surface area contributed by atoms with E-state index in [1.807, 2.05) is 13.0 Å². The minimum absolute atomic E-state index is 0.266. The fraction of sp³-hybridized carbons (Fsp3) is 0.417. The van der Waals surface area contributed by atoms with Crippen molar-refractivity contribution in [2.45, 2.75) is 12.8 Å². The summed E-state index contributed by atoms with van der Waals surface area (Å²) >= 11 is 0. The Balaban J connectivity index is 2.32. The van der Waals surface area contributed by atoms with E-state index in [9.17, 15) is 9.18 Å². The van der Waals surface area contributed by atoms with Crippen LogP contribution in [0.5, 0.6) is 0 Å². The van der Waals surface area contributed by atoms with E-state index in [0.717, 1.165) is 5.56 Å². The van der Waals surface area contributed by atoms with Gasteiger partial charge >= 0.3 is 5.97 Å². The van der Waals surface area contributed by atoms with Crippen LogP contribution >= 0.6 is 0 Å². The van der Waals surface area contributed by atoms with E-state index in [-0.39, 0.29) is 11.7 Å². The van der Waals surface area contributed by atoms with E-state index in [1.54, 1.807) is 6.07 Å². The van der Waals surface area contributed by atoms with Crippen LogP contribution in [0.15, 0.2) is 18.2 Å². The summed E-state index contributed by atoms with van der Waals surface area (Å²) in [5.41, 5.74) is 1.35. The van der Waals surface area contributed by atoms with Crippen molar-refractivity contribution in [3.05, 3.63) is 35.1 Å². The van der Waals surface area contributed by atoms with Crippen molar-refractivity contribution in [3.8, 4) is 0 Å². The third-order valence-electron chi connectivity index (χ3n) is 3.09. The third-order valence-corrected chi connectivity index (χ3v) is 3.09. The van der Waals surface area contributed by atoms with E-state index < -0.39 is 11.9 Å². The second kappa shape index (κ2) is 4.22. The molecular formula is C12H14FNO2. The summed E-state index contributed by atoms with van der Waals surface area (Å²) in [5, 5.41) is 12.0. The van der Waals surface area contributed by atoms with Crippen molar-refractivity contribution in [2.24, 2.45) is 5.92 Å². The first-order chi connectivity index (χ1) is 7.59. The second-order valence-electron chi connectivity index (χ2n) is 4.23. The number of halogens is 1. The molecule has 0 saturated carbocycles. The molecule has 16 heavy (non-hydrogen) atoms. The number of nitrogens with one attached hydrogen (secondary N) is 1. The smallest absolute Gasteiger partial charge is 0.308 e. The van der Waals surface area contributed by atoms with Gasteiger partial charge in [-0.05, 0) is 24.1 Å². The highest BCUT2D eigenvalue weighted by molar-refractivity contribution is 5.72. The first-order valence-corrected chi connectivity index (χ1v) is 5.29. The van der Waals surface area contributed by atoms with Crippen LogP contribution in [0.3, 0.4) is 0 Å². The molecule has 1 aliphatic rings. The van der Waals surface area contributed by atoms with Gasteiger partial charge in [0.15, 0.2) is 0 Å². The quantitative estimate of drug-likeness (QED) is 0.799. The Labute approximate surface area is 93.3 Å². The molecule has 1 saturated heterocycles. The maximum absolute atomic E-state index is 13.7. The molecule has 0 bridgehead atoms. The van der Waals surface area contributed by atoms with Gasteiger partial charge in [0.05, 0.1) is 5.92 Å². The Kier molecular flexibility index (Phi) is 2.92. The Morgan fingerprint density at radius 2 is 2.25 bits per heavy atom. The topological polar surface area (TPSA) is 49.3 Å². The van der Waals surface area contributed by atoms with Gasteiger partial charge in [-0.25, -0.2) is 4.39 Å². The lowest BCUT2D eigenvalue weighted by molar-refractivity contribution is -0.141. The van der Waals surface area contributed by atoms with Crippen molar-refractivity contribution in [3.63, 3.8) is 0 Å². The average molecular weight is 223 g/mol. The second-order valence-corrected chi connectivity index (χ2v) is 4.23. The summed E-state index contributed by atoms with van der Waals surface area (Å²) in [6, 6.07) is 4.96. The van der Waals surface area contributed by atoms with Crippen LogP contribution in [0.1, 0.15) is 17.0 Å². The first kappa shape index (κ1) is 11.1. The Hall–Kier alpha value is -1.42. The molecule has 3 nitrogen and oxygen atoms in total. The molecule has 1 fully saturated rings. The molecule has 2 N–H and O–H groups in total. The van der Waals surface area contributed by atoms with E-state index in [2.05, 4.69) is 5.32 Å². The Bertz CT molecular complexity index is 419. The SMILES string of the molecule is Cc1ccc([C@@H]2CNC[C@H]2C(=O)O)c(F)c1. The van der Waals surface area contributed by atoms with Crippen LogP contribution in [0.2, 0.25) is 0 Å². The minimum Gasteiger partial charge on any atom is -0.481 e. The van der Waals surface area contributed by atoms with Crippen molar-refractivity contribution >= 4 is 5.97 Å². The van der Waals surface area contributed by atoms with Gasteiger partial charge in [-0.15, -0.1) is 0 Å². The molecule has 2 rings (SSSR count). The molecule has 0 spiro atoms. The van der Waals surface area contributed by atoms with Crippen LogP contribution in [-0.2, 0) is 4.79 Å². The molecular weight excluding hydrogens is 209 g/mol. The number of carboxylic acid groups (broad SMARTS) is 1. The number of carboxylic acids is 1. The Morgan fingerprint density at radius 1 is 1.50 bits per heavy atom. The average Bonchev–Trinajstić information content (AvgIpc) is 2.66. The fourth-order valence-corrected chi connectivity index (χ4v) is 2.20. The highest BCUT2D eigenvalue weighted by Gasteiger charge is 2.35. The van der Waals surface area contributed by atoms with Gasteiger partial charge in [0.1, 0.15) is 5.82 Å². The van der Waals surface area contributed by atoms with Crippen molar-refractivity contribution < 1.29 is 14.3 Å². The van der Waals surface area contributed by atoms with Gasteiger partial charge in [0, 0.05) is 19.0 Å². The predicted molar refractivity (Wildman–Crippen MR) is 57.9 cm³/mol. The van der Waals surface area contributed by atoms with E-state index in [0.29, 0.717) is 18.7 Å². The maximum Gasteiger partial charge on any atom is 0.308 e. The van der Waals surface area contributed by atoms with Gasteiger partial charge in [-0.2, -0.15) is 0 Å². The van der Waals surface area contributed by atoms with Gasteiger partial charge in [0.25, 0.3) is 0 Å². The van der Waals surface area contributed by atoms with Crippen LogP contribution in [-0.4, -0.2) is 24.2 Å². The zero-order chi connectivity index (χ0) is 11.7. The lowest BCUT2D eigenvalue weighted by atomic mass is 9.88. The molecule has 0 radical (unpaired) electrons. The Morgan fingerprint density at radius 3 is 2.88 bits per heavy atom. The van der Waals surface area contributed by atoms with Gasteiger partial charge in [-0.3, -0.25) is 4.79 Å². The molecule has 0 amide bonds. The summed E-state index contributed by atoms with van der Waals surface area (Å²) < 4.78 is 13.7. The zero-order valence-corrected chi connectivity index (χ0v) is 9.03. The number of aliphatic carboxylic acids is 1. The number of hydrogen-bond donors (Lipinski definition) is 2. The number of rotatable bonds is 2. The highest BCUT2D eigenvalue weighted by atomic mass is 19.1. The summed E-state index contributed by atoms with van der Waals surface area (Å²) in [6.07, 6.45) is 0. The lowest BCUT2D eigenvalue weighted by Crippen LogP contribution is -2.21. The largest absolute Gasteiger partial charge is 0.481 e. The monoisotopic (exact) mass is 223 g/mol. The summed E-state index contributed by atoms with van der Waals surface area (Å²) in [7, 11) is 0. The molecule has 1 aromatic rings. The van der Waals surface area contributed by atoms with E-state index >= 15 is 0 Å². The van der Waals surface area contributed by atoms with Crippen LogP contribution in [0.4, 0.5) is 4.39 Å². The number of carbonyl (C=O) groups is 1. The normalized spacial score (nSPS) is 24.6. The molecule has 2 atom stereocenters. The van der Waals surface area contributed by atoms with Crippen LogP contribution in [0, 0.1) is 18.7 Å². The van der Waals surface area contributed by atoms with Crippen LogP contribution < -0.4 is 5.32 Å². The number of hydrogen-bond acceptors (Lipinski definition) is 2. The van der Waals surface area contributed by atoms with Gasteiger partial charge in [0.2, 0.25) is 0 Å². The molecule has 0 aliphatic carbocycles. The van der Waals surface area contributed by atoms with Crippen molar-refractivity contribution in [1.29, 1.82) is 0 Å². The minimum atomic E-state index is -0.866. The lowest BCUT2D eigenvalue weighted by Gasteiger charge is -2.16. The summed E-state index contributed by atoms with van der Waals surface area (Å²) in [4.78, 5) is 11.0. The van der Waals surface area contributed by atoms with Crippen LogP contribution in [0.25, 0.3) is 0 Å². The third kappa shape index (κ3) is 1.93. The molecule has 1 heterocycles. The van der Waals surface area contributed by atoms with Crippen molar-refractivity contribution in [1.82, 2.24) is 5.32 Å². The molecule has 1 aliphatic heterocycles. The van der Waals surface area contributed by atoms with Gasteiger partial charge in [-0.1, -0.05) is 12.1 Å². The standard InChI is InChI=1S/C12H14FNO2/c1-7-2-3-8(11(13)4-7)9-5-14-6-10(9)12(15)16/h2-4,9-10,14H,5-6H2,1H3,(H,15,16)/t9-,10+/m0/s1. The fourth-order valence-electron chi connectivity index (χ4n) is 2.20. The predicted octanol–water partition coefficient (Wildman–Crippen LogP) is 1.52. The highest BCUT2D eigenvalue weighted by Crippen LogP contribution is 2.30. The van der Waals surface area contributed by atoms with Gasteiger partial charge < -0.3 is 10.4 Å². The summed E-state index contributed by atoms with van der Waals surface area (Å²) in [6.45, 7) is 2.75. The zero-order valence-electron chi connectivity index (χ0n) is 9.03. The summed E-state index contributed by atoms with van der Waals surface area (Å²) in [5.74, 6) is -1.97. The molecule has 1 aromatic carbocycles.